The Kier molecular flexibility index (Phi) is 9.41. The molecule has 1 aromatic rings. The van der Waals surface area contributed by atoms with Crippen LogP contribution < -0.4 is 0 Å². The predicted molar refractivity (Wildman–Crippen MR) is 112 cm³/mol. The van der Waals surface area contributed by atoms with Gasteiger partial charge in [0.25, 0.3) is 0 Å². The Morgan fingerprint density at radius 2 is 1.86 bits per heavy atom. The van der Waals surface area contributed by atoms with Crippen LogP contribution in [0.1, 0.15) is 38.7 Å². The molecule has 0 aromatic heterocycles. The first-order valence-corrected chi connectivity index (χ1v) is 12.1. The van der Waals surface area contributed by atoms with Gasteiger partial charge in [0, 0.05) is 32.2 Å². The molecule has 1 unspecified atom stereocenters. The van der Waals surface area contributed by atoms with Crippen molar-refractivity contribution in [1.29, 1.82) is 0 Å². The number of ether oxygens (including phenoxy) is 1. The number of carbonyl (C=O) groups is 1. The van der Waals surface area contributed by atoms with Crippen LogP contribution in [0.25, 0.3) is 0 Å². The van der Waals surface area contributed by atoms with Gasteiger partial charge >= 0.3 is 0 Å². The van der Waals surface area contributed by atoms with Gasteiger partial charge in [-0.15, -0.1) is 0 Å². The third-order valence-electron chi connectivity index (χ3n) is 5.08. The molecular formula is C21H34N2O4S. The zero-order valence-electron chi connectivity index (χ0n) is 17.2. The highest BCUT2D eigenvalue weighted by atomic mass is 32.2. The number of nitrogens with zero attached hydrogens (tertiary/aromatic N) is 2. The SMILES string of the molecule is CCCCCS(=O)(=O)CC(=O)N(Cc1ccccc1)C(C)CN1CCOCC1. The topological polar surface area (TPSA) is 66.9 Å². The minimum absolute atomic E-state index is 0.0725. The molecule has 1 amide bonds. The van der Waals surface area contributed by atoms with Gasteiger partial charge in [0.1, 0.15) is 5.75 Å². The van der Waals surface area contributed by atoms with Crippen LogP contribution in [0.2, 0.25) is 0 Å². The first-order chi connectivity index (χ1) is 13.4. The fraction of sp³-hybridized carbons (Fsp3) is 0.667. The molecule has 0 bridgehead atoms. The molecule has 28 heavy (non-hydrogen) atoms. The Morgan fingerprint density at radius 3 is 2.50 bits per heavy atom. The molecule has 0 spiro atoms. The summed E-state index contributed by atoms with van der Waals surface area (Å²) >= 11 is 0. The fourth-order valence-corrected chi connectivity index (χ4v) is 4.77. The first kappa shape index (κ1) is 22.8. The smallest absolute Gasteiger partial charge is 0.238 e. The standard InChI is InChI=1S/C21H34N2O4S/c1-3-4-8-15-28(25,26)18-21(24)23(17-20-9-6-5-7-10-20)19(2)16-22-11-13-27-14-12-22/h5-7,9-10,19H,3-4,8,11-18H2,1-2H3. The number of hydrogen-bond donors (Lipinski definition) is 0. The van der Waals surface area contributed by atoms with Gasteiger partial charge in [-0.3, -0.25) is 9.69 Å². The maximum Gasteiger partial charge on any atom is 0.238 e. The van der Waals surface area contributed by atoms with Crippen molar-refractivity contribution in [3.05, 3.63) is 35.9 Å². The van der Waals surface area contributed by atoms with E-state index >= 15 is 0 Å². The van der Waals surface area contributed by atoms with E-state index in [0.29, 0.717) is 26.2 Å². The van der Waals surface area contributed by atoms with Gasteiger partial charge in [0.15, 0.2) is 9.84 Å². The summed E-state index contributed by atoms with van der Waals surface area (Å²) in [6.07, 6.45) is 2.45. The van der Waals surface area contributed by atoms with Crippen molar-refractivity contribution in [3.8, 4) is 0 Å². The molecule has 0 saturated carbocycles. The van der Waals surface area contributed by atoms with Crippen molar-refractivity contribution in [2.75, 3.05) is 44.4 Å². The third kappa shape index (κ3) is 7.89. The van der Waals surface area contributed by atoms with E-state index in [4.69, 9.17) is 4.74 Å². The lowest BCUT2D eigenvalue weighted by atomic mass is 10.1. The average Bonchev–Trinajstić information content (AvgIpc) is 2.67. The molecule has 1 atom stereocenters. The fourth-order valence-electron chi connectivity index (χ4n) is 3.44. The molecule has 0 N–H and O–H groups in total. The van der Waals surface area contributed by atoms with Gasteiger partial charge in [-0.1, -0.05) is 50.1 Å². The summed E-state index contributed by atoms with van der Waals surface area (Å²) in [6.45, 7) is 8.26. The van der Waals surface area contributed by atoms with Gasteiger partial charge in [0.05, 0.1) is 19.0 Å². The lowest BCUT2D eigenvalue weighted by Crippen LogP contribution is -2.49. The third-order valence-corrected chi connectivity index (χ3v) is 6.67. The average molecular weight is 411 g/mol. The number of rotatable bonds is 11. The largest absolute Gasteiger partial charge is 0.379 e. The van der Waals surface area contributed by atoms with Crippen molar-refractivity contribution in [1.82, 2.24) is 9.80 Å². The highest BCUT2D eigenvalue weighted by Crippen LogP contribution is 2.13. The molecule has 1 aliphatic rings. The van der Waals surface area contributed by atoms with Gasteiger partial charge in [0.2, 0.25) is 5.91 Å². The zero-order valence-corrected chi connectivity index (χ0v) is 18.0. The number of morpholine rings is 1. The van der Waals surface area contributed by atoms with E-state index in [2.05, 4.69) is 4.90 Å². The minimum Gasteiger partial charge on any atom is -0.379 e. The molecular weight excluding hydrogens is 376 g/mol. The number of sulfone groups is 1. The van der Waals surface area contributed by atoms with Gasteiger partial charge < -0.3 is 9.64 Å². The lowest BCUT2D eigenvalue weighted by Gasteiger charge is -2.35. The Bertz CT molecular complexity index is 688. The summed E-state index contributed by atoms with van der Waals surface area (Å²) in [7, 11) is -3.38. The van der Waals surface area contributed by atoms with Crippen LogP contribution >= 0.6 is 0 Å². The van der Waals surface area contributed by atoms with Crippen LogP contribution in [0.4, 0.5) is 0 Å². The normalized spacial score (nSPS) is 16.6. The molecule has 1 fully saturated rings. The van der Waals surface area contributed by atoms with Gasteiger partial charge in [-0.2, -0.15) is 0 Å². The summed E-state index contributed by atoms with van der Waals surface area (Å²) < 4.78 is 30.2. The molecule has 1 aliphatic heterocycles. The lowest BCUT2D eigenvalue weighted by molar-refractivity contribution is -0.131. The van der Waals surface area contributed by atoms with E-state index in [1.807, 2.05) is 44.2 Å². The summed E-state index contributed by atoms with van der Waals surface area (Å²) in [5.41, 5.74) is 1.01. The Labute approximate surface area is 169 Å². The quantitative estimate of drug-likeness (QED) is 0.524. The maximum atomic E-state index is 13.0. The molecule has 2 rings (SSSR count). The first-order valence-electron chi connectivity index (χ1n) is 10.2. The molecule has 0 aliphatic carbocycles. The van der Waals surface area contributed by atoms with E-state index in [-0.39, 0.29) is 17.7 Å². The van der Waals surface area contributed by atoms with Crippen molar-refractivity contribution in [2.24, 2.45) is 0 Å². The van der Waals surface area contributed by atoms with E-state index in [1.165, 1.54) is 0 Å². The summed E-state index contributed by atoms with van der Waals surface area (Å²) in [4.78, 5) is 17.0. The van der Waals surface area contributed by atoms with E-state index in [9.17, 15) is 13.2 Å². The van der Waals surface area contributed by atoms with Crippen molar-refractivity contribution < 1.29 is 17.9 Å². The van der Waals surface area contributed by atoms with Crippen molar-refractivity contribution >= 4 is 15.7 Å². The molecule has 7 heteroatoms. The molecule has 0 radical (unpaired) electrons. The monoisotopic (exact) mass is 410 g/mol. The van der Waals surface area contributed by atoms with E-state index in [0.717, 1.165) is 38.0 Å². The van der Waals surface area contributed by atoms with Gasteiger partial charge in [-0.25, -0.2) is 8.42 Å². The number of carbonyl (C=O) groups excluding carboxylic acids is 1. The van der Waals surface area contributed by atoms with Crippen molar-refractivity contribution in [2.45, 2.75) is 45.7 Å². The molecule has 158 valence electrons. The highest BCUT2D eigenvalue weighted by molar-refractivity contribution is 7.92. The maximum absolute atomic E-state index is 13.0. The Balaban J connectivity index is 2.06. The number of unbranched alkanes of at least 4 members (excludes halogenated alkanes) is 2. The van der Waals surface area contributed by atoms with Crippen LogP contribution in [0.15, 0.2) is 30.3 Å². The summed E-state index contributed by atoms with van der Waals surface area (Å²) in [6, 6.07) is 9.68. The summed E-state index contributed by atoms with van der Waals surface area (Å²) in [5.74, 6) is -0.623. The molecule has 1 aromatic carbocycles. The molecule has 6 nitrogen and oxygen atoms in total. The van der Waals surface area contributed by atoms with Crippen LogP contribution in [0, 0.1) is 0 Å². The van der Waals surface area contributed by atoms with Crippen LogP contribution in [-0.4, -0.2) is 74.5 Å². The number of hydrogen-bond acceptors (Lipinski definition) is 5. The van der Waals surface area contributed by atoms with E-state index < -0.39 is 15.6 Å². The van der Waals surface area contributed by atoms with Crippen LogP contribution in [0.5, 0.6) is 0 Å². The van der Waals surface area contributed by atoms with E-state index in [1.54, 1.807) is 4.90 Å². The van der Waals surface area contributed by atoms with Crippen molar-refractivity contribution in [3.63, 3.8) is 0 Å². The minimum atomic E-state index is -3.38. The predicted octanol–water partition coefficient (Wildman–Crippen LogP) is 2.34. The Morgan fingerprint density at radius 1 is 1.18 bits per heavy atom. The van der Waals surface area contributed by atoms with Gasteiger partial charge in [-0.05, 0) is 18.9 Å². The summed E-state index contributed by atoms with van der Waals surface area (Å²) in [5, 5.41) is 0. The second-order valence-electron chi connectivity index (χ2n) is 7.57. The Hall–Kier alpha value is -1.44. The van der Waals surface area contributed by atoms with Crippen LogP contribution in [0.3, 0.4) is 0 Å². The second-order valence-corrected chi connectivity index (χ2v) is 9.75. The highest BCUT2D eigenvalue weighted by Gasteiger charge is 2.27. The number of benzene rings is 1. The molecule has 1 heterocycles. The number of amides is 1. The molecule has 1 saturated heterocycles. The second kappa shape index (κ2) is 11.5. The zero-order chi connectivity index (χ0) is 20.4. The van der Waals surface area contributed by atoms with Crippen LogP contribution in [-0.2, 0) is 25.9 Å².